The Kier molecular flexibility index (Phi) is 6.34. The molecule has 0 aliphatic heterocycles. The topological polar surface area (TPSA) is 9.23 Å². The zero-order chi connectivity index (χ0) is 16.6. The second-order valence-corrected chi connectivity index (χ2v) is 6.84. The summed E-state index contributed by atoms with van der Waals surface area (Å²) in [5.74, 6) is 1.73. The highest BCUT2D eigenvalue weighted by molar-refractivity contribution is 5.64. The van der Waals surface area contributed by atoms with Crippen molar-refractivity contribution in [2.45, 2.75) is 57.8 Å². The Bertz CT molecular complexity index is 591. The molecule has 0 atom stereocenters. The van der Waals surface area contributed by atoms with Gasteiger partial charge in [0, 0.05) is 0 Å². The van der Waals surface area contributed by atoms with Crippen LogP contribution in [0, 0.1) is 6.42 Å². The molecular weight excluding hydrogens is 292 g/mol. The molecule has 0 amide bonds. The normalized spacial score (nSPS) is 15.4. The van der Waals surface area contributed by atoms with Crippen LogP contribution in [0.2, 0.25) is 0 Å². The van der Waals surface area contributed by atoms with Crippen molar-refractivity contribution in [2.24, 2.45) is 0 Å². The highest BCUT2D eigenvalue weighted by Gasteiger charge is 2.15. The monoisotopic (exact) mass is 321 g/mol. The van der Waals surface area contributed by atoms with Crippen LogP contribution in [0.5, 0.6) is 5.75 Å². The lowest BCUT2D eigenvalue weighted by atomic mass is 9.84. The molecule has 0 saturated heterocycles. The predicted octanol–water partition coefficient (Wildman–Crippen LogP) is 6.78. The lowest BCUT2D eigenvalue weighted by Crippen LogP contribution is -2.04. The Balaban J connectivity index is 1.59. The maximum Gasteiger partial charge on any atom is 0.119 e. The van der Waals surface area contributed by atoms with Crippen LogP contribution < -0.4 is 4.74 Å². The number of rotatable bonds is 7. The first-order valence-electron chi connectivity index (χ1n) is 9.51. The molecule has 1 aliphatic carbocycles. The number of benzene rings is 2. The molecule has 3 rings (SSSR count). The van der Waals surface area contributed by atoms with E-state index in [1.165, 1.54) is 55.2 Å². The van der Waals surface area contributed by atoms with Crippen molar-refractivity contribution in [3.8, 4) is 16.9 Å². The summed E-state index contributed by atoms with van der Waals surface area (Å²) in [6.45, 7) is 3.04. The van der Waals surface area contributed by atoms with Gasteiger partial charge in [0.15, 0.2) is 0 Å². The van der Waals surface area contributed by atoms with Crippen LogP contribution in [0.4, 0.5) is 0 Å². The maximum atomic E-state index is 5.79. The molecule has 2 aromatic carbocycles. The van der Waals surface area contributed by atoms with Crippen molar-refractivity contribution in [1.82, 2.24) is 0 Å². The molecule has 1 aliphatic rings. The molecule has 1 heteroatoms. The molecule has 1 fully saturated rings. The third-order valence-corrected chi connectivity index (χ3v) is 5.02. The predicted molar refractivity (Wildman–Crippen MR) is 102 cm³/mol. The minimum atomic E-state index is 0.753. The highest BCUT2D eigenvalue weighted by atomic mass is 16.5. The first-order chi connectivity index (χ1) is 11.9. The van der Waals surface area contributed by atoms with Gasteiger partial charge in [0.25, 0.3) is 0 Å². The van der Waals surface area contributed by atoms with Crippen molar-refractivity contribution < 1.29 is 4.74 Å². The minimum Gasteiger partial charge on any atom is -0.494 e. The van der Waals surface area contributed by atoms with E-state index in [4.69, 9.17) is 4.74 Å². The molecule has 1 nitrogen and oxygen atoms in total. The minimum absolute atomic E-state index is 0.753. The van der Waals surface area contributed by atoms with Gasteiger partial charge in [0.2, 0.25) is 0 Å². The van der Waals surface area contributed by atoms with Gasteiger partial charge in [-0.25, -0.2) is 0 Å². The van der Waals surface area contributed by atoms with Gasteiger partial charge in [-0.3, -0.25) is 0 Å². The maximum absolute atomic E-state index is 5.79. The smallest absolute Gasteiger partial charge is 0.119 e. The Morgan fingerprint density at radius 2 is 1.46 bits per heavy atom. The quantitative estimate of drug-likeness (QED) is 0.510. The molecule has 1 radical (unpaired) electrons. The van der Waals surface area contributed by atoms with Crippen LogP contribution in [0.25, 0.3) is 11.1 Å². The average Bonchev–Trinajstić information content (AvgIpc) is 2.67. The second kappa shape index (κ2) is 8.92. The lowest BCUT2D eigenvalue weighted by Gasteiger charge is -2.22. The second-order valence-electron chi connectivity index (χ2n) is 6.84. The number of ether oxygens (including phenoxy) is 1. The third kappa shape index (κ3) is 4.63. The van der Waals surface area contributed by atoms with Crippen LogP contribution in [-0.2, 0) is 0 Å². The molecule has 1 saturated carbocycles. The molecule has 0 aromatic heterocycles. The van der Waals surface area contributed by atoms with E-state index in [-0.39, 0.29) is 0 Å². The Morgan fingerprint density at radius 3 is 2.08 bits per heavy atom. The number of hydrogen-bond acceptors (Lipinski definition) is 1. The first kappa shape index (κ1) is 17.1. The fourth-order valence-electron chi connectivity index (χ4n) is 3.49. The Labute approximate surface area is 147 Å². The summed E-state index contributed by atoms with van der Waals surface area (Å²) in [6, 6.07) is 17.7. The van der Waals surface area contributed by atoms with E-state index in [1.54, 1.807) is 0 Å². The van der Waals surface area contributed by atoms with Gasteiger partial charge in [-0.05, 0) is 73.3 Å². The van der Waals surface area contributed by atoms with Crippen LogP contribution in [0.15, 0.2) is 48.5 Å². The highest BCUT2D eigenvalue weighted by Crippen LogP contribution is 2.33. The van der Waals surface area contributed by atoms with Crippen molar-refractivity contribution in [3.05, 3.63) is 60.5 Å². The zero-order valence-electron chi connectivity index (χ0n) is 14.8. The van der Waals surface area contributed by atoms with Gasteiger partial charge >= 0.3 is 0 Å². The summed E-state index contributed by atoms with van der Waals surface area (Å²) in [5, 5.41) is 0. The van der Waals surface area contributed by atoms with Gasteiger partial charge in [-0.15, -0.1) is 0 Å². The fourth-order valence-corrected chi connectivity index (χ4v) is 3.49. The molecular formula is C23H29O. The van der Waals surface area contributed by atoms with E-state index in [2.05, 4.69) is 61.9 Å². The van der Waals surface area contributed by atoms with Gasteiger partial charge < -0.3 is 4.74 Å². The molecule has 0 heterocycles. The average molecular weight is 321 g/mol. The molecule has 0 bridgehead atoms. The summed E-state index contributed by atoms with van der Waals surface area (Å²) >= 11 is 0. The molecule has 0 N–H and O–H groups in total. The van der Waals surface area contributed by atoms with Crippen LogP contribution in [0.1, 0.15) is 63.4 Å². The summed E-state index contributed by atoms with van der Waals surface area (Å²) in [5.41, 5.74) is 4.06. The van der Waals surface area contributed by atoms with E-state index < -0.39 is 0 Å². The summed E-state index contributed by atoms with van der Waals surface area (Å²) in [6.07, 6.45) is 11.2. The Morgan fingerprint density at radius 1 is 0.833 bits per heavy atom. The number of hydrogen-bond donors (Lipinski definition) is 0. The van der Waals surface area contributed by atoms with Gasteiger partial charge in [0.1, 0.15) is 5.75 Å². The van der Waals surface area contributed by atoms with E-state index >= 15 is 0 Å². The van der Waals surface area contributed by atoms with E-state index in [0.717, 1.165) is 24.7 Å². The molecule has 0 unspecified atom stereocenters. The van der Waals surface area contributed by atoms with E-state index in [0.29, 0.717) is 0 Å². The van der Waals surface area contributed by atoms with Crippen molar-refractivity contribution in [1.29, 1.82) is 0 Å². The molecule has 0 spiro atoms. The third-order valence-electron chi connectivity index (χ3n) is 5.02. The zero-order valence-corrected chi connectivity index (χ0v) is 14.8. The summed E-state index contributed by atoms with van der Waals surface area (Å²) in [7, 11) is 0. The van der Waals surface area contributed by atoms with Gasteiger partial charge in [-0.2, -0.15) is 0 Å². The van der Waals surface area contributed by atoms with E-state index in [1.807, 2.05) is 0 Å². The summed E-state index contributed by atoms with van der Waals surface area (Å²) in [4.78, 5) is 0. The summed E-state index contributed by atoms with van der Waals surface area (Å²) < 4.78 is 5.79. The standard InChI is InChI=1S/C23H29O/c1-2-3-7-18-24-23-16-14-22(15-17-23)21-12-10-20(11-13-21)19-8-5-4-6-9-19/h4,10-17,19H,2-3,5-9,18H2,1H3. The van der Waals surface area contributed by atoms with Crippen LogP contribution >= 0.6 is 0 Å². The van der Waals surface area contributed by atoms with Crippen LogP contribution in [0.3, 0.4) is 0 Å². The fraction of sp³-hybridized carbons (Fsp3) is 0.435. The van der Waals surface area contributed by atoms with Crippen molar-refractivity contribution >= 4 is 0 Å². The van der Waals surface area contributed by atoms with Crippen molar-refractivity contribution in [3.63, 3.8) is 0 Å². The SMILES string of the molecule is CCCCCOc1ccc(-c2ccc(C3CC[CH]CC3)cc2)cc1. The van der Waals surface area contributed by atoms with E-state index in [9.17, 15) is 0 Å². The first-order valence-corrected chi connectivity index (χ1v) is 9.51. The van der Waals surface area contributed by atoms with Gasteiger partial charge in [-0.1, -0.05) is 56.2 Å². The largest absolute Gasteiger partial charge is 0.494 e. The lowest BCUT2D eigenvalue weighted by molar-refractivity contribution is 0.306. The van der Waals surface area contributed by atoms with Crippen LogP contribution in [-0.4, -0.2) is 6.61 Å². The molecule has 2 aromatic rings. The molecule has 24 heavy (non-hydrogen) atoms. The van der Waals surface area contributed by atoms with Crippen molar-refractivity contribution in [2.75, 3.05) is 6.61 Å². The number of unbranched alkanes of at least 4 members (excludes halogenated alkanes) is 2. The molecule has 127 valence electrons. The Hall–Kier alpha value is -1.76. The van der Waals surface area contributed by atoms with Gasteiger partial charge in [0.05, 0.1) is 6.61 Å².